The molecule has 0 saturated heterocycles. The second-order valence-electron chi connectivity index (χ2n) is 13.0. The lowest BCUT2D eigenvalue weighted by Crippen LogP contribution is -1.96. The van der Waals surface area contributed by atoms with Crippen LogP contribution in [0.1, 0.15) is 0 Å². The maximum Gasteiger partial charge on any atom is 0.0973 e. The highest BCUT2D eigenvalue weighted by Crippen LogP contribution is 2.38. The van der Waals surface area contributed by atoms with Crippen LogP contribution >= 0.6 is 0 Å². The molecule has 0 aliphatic heterocycles. The summed E-state index contributed by atoms with van der Waals surface area (Å²) in [6, 6.07) is 65.1. The van der Waals surface area contributed by atoms with Crippen LogP contribution < -0.4 is 0 Å². The molecule has 0 N–H and O–H groups in total. The molecule has 50 heavy (non-hydrogen) atoms. The van der Waals surface area contributed by atoms with Crippen LogP contribution in [-0.2, 0) is 0 Å². The average Bonchev–Trinajstić information content (AvgIpc) is 3.20. The van der Waals surface area contributed by atoms with Gasteiger partial charge in [0.25, 0.3) is 0 Å². The van der Waals surface area contributed by atoms with Gasteiger partial charge in [0, 0.05) is 11.1 Å². The Balaban J connectivity index is 1.06. The number of fused-ring (bicyclic) bond motifs is 8. The molecular formula is C48H30N2. The summed E-state index contributed by atoms with van der Waals surface area (Å²) in [5.74, 6) is 0. The van der Waals surface area contributed by atoms with Crippen LogP contribution in [0.2, 0.25) is 0 Å². The van der Waals surface area contributed by atoms with Gasteiger partial charge in [0.2, 0.25) is 0 Å². The molecule has 2 heteroatoms. The van der Waals surface area contributed by atoms with E-state index in [1.165, 1.54) is 49.0 Å². The van der Waals surface area contributed by atoms with Gasteiger partial charge in [-0.3, -0.25) is 0 Å². The Morgan fingerprint density at radius 2 is 0.640 bits per heavy atom. The van der Waals surface area contributed by atoms with E-state index < -0.39 is 0 Å². The Hall–Kier alpha value is -6.64. The summed E-state index contributed by atoms with van der Waals surface area (Å²) in [4.78, 5) is 10.4. The van der Waals surface area contributed by atoms with E-state index >= 15 is 0 Å². The van der Waals surface area contributed by atoms with Gasteiger partial charge in [-0.15, -0.1) is 0 Å². The molecule has 0 aliphatic rings. The van der Waals surface area contributed by atoms with Crippen molar-refractivity contribution in [1.29, 1.82) is 0 Å². The molecular weight excluding hydrogens is 605 g/mol. The van der Waals surface area contributed by atoms with Gasteiger partial charge in [-0.1, -0.05) is 158 Å². The van der Waals surface area contributed by atoms with Crippen LogP contribution in [0, 0.1) is 0 Å². The van der Waals surface area contributed by atoms with Gasteiger partial charge in [-0.05, 0) is 89.6 Å². The quantitative estimate of drug-likeness (QED) is 0.142. The molecule has 1 heterocycles. The van der Waals surface area contributed by atoms with Crippen LogP contribution in [-0.4, -0.2) is 9.97 Å². The zero-order valence-corrected chi connectivity index (χ0v) is 27.2. The van der Waals surface area contributed by atoms with Crippen LogP contribution in [0.25, 0.3) is 98.9 Å². The Morgan fingerprint density at radius 1 is 0.240 bits per heavy atom. The highest BCUT2D eigenvalue weighted by Gasteiger charge is 2.15. The SMILES string of the molecule is c1ccc(-c2nc3cc4ccccc4cc3nc2-c2ccc(-c3cccc(-c4ccc5c6ccccc6c6ccccc6c5c4)c3)cc2)cc1. The highest BCUT2D eigenvalue weighted by atomic mass is 14.8. The van der Waals surface area contributed by atoms with E-state index in [4.69, 9.17) is 9.97 Å². The largest absolute Gasteiger partial charge is 0.244 e. The fourth-order valence-corrected chi connectivity index (χ4v) is 7.53. The molecule has 0 amide bonds. The normalized spacial score (nSPS) is 11.6. The minimum Gasteiger partial charge on any atom is -0.244 e. The lowest BCUT2D eigenvalue weighted by molar-refractivity contribution is 1.30. The van der Waals surface area contributed by atoms with Crippen LogP contribution in [0.15, 0.2) is 182 Å². The minimum atomic E-state index is 0.884. The fraction of sp³-hybridized carbons (Fsp3) is 0. The Morgan fingerprint density at radius 3 is 1.24 bits per heavy atom. The summed E-state index contributed by atoms with van der Waals surface area (Å²) in [5.41, 5.74) is 10.4. The molecule has 0 unspecified atom stereocenters. The van der Waals surface area contributed by atoms with E-state index in [9.17, 15) is 0 Å². The molecule has 0 spiro atoms. The van der Waals surface area contributed by atoms with Crippen molar-refractivity contribution in [3.05, 3.63) is 182 Å². The maximum absolute atomic E-state index is 5.23. The molecule has 10 aromatic rings. The third-order valence-corrected chi connectivity index (χ3v) is 10.0. The van der Waals surface area contributed by atoms with Gasteiger partial charge in [-0.2, -0.15) is 0 Å². The second kappa shape index (κ2) is 11.5. The molecule has 2 nitrogen and oxygen atoms in total. The Labute approximate surface area is 290 Å². The van der Waals surface area contributed by atoms with Crippen molar-refractivity contribution in [2.75, 3.05) is 0 Å². The molecule has 0 atom stereocenters. The number of benzene rings is 9. The first kappa shape index (κ1) is 28.4. The molecule has 0 saturated carbocycles. The molecule has 0 fully saturated rings. The van der Waals surface area contributed by atoms with E-state index in [0.717, 1.165) is 49.9 Å². The standard InChI is InChI=1S/C48H30N2/c1-2-11-32(12-3-1)47-48(50-46-30-37-14-5-4-13-36(37)29-45(46)49-47)33-23-21-31(22-24-33)34-15-10-16-35(27-34)38-25-26-43-41-19-7-6-17-39(41)40-18-8-9-20-42(40)44(43)28-38/h1-30H. The van der Waals surface area contributed by atoms with Gasteiger partial charge in [0.05, 0.1) is 22.4 Å². The monoisotopic (exact) mass is 634 g/mol. The highest BCUT2D eigenvalue weighted by molar-refractivity contribution is 6.25. The maximum atomic E-state index is 5.23. The molecule has 0 aliphatic carbocycles. The number of hydrogen-bond acceptors (Lipinski definition) is 2. The molecule has 0 radical (unpaired) electrons. The number of nitrogens with zero attached hydrogens (tertiary/aromatic N) is 2. The fourth-order valence-electron chi connectivity index (χ4n) is 7.53. The van der Waals surface area contributed by atoms with Crippen molar-refractivity contribution in [1.82, 2.24) is 9.97 Å². The van der Waals surface area contributed by atoms with Gasteiger partial charge in [0.15, 0.2) is 0 Å². The summed E-state index contributed by atoms with van der Waals surface area (Å²) >= 11 is 0. The van der Waals surface area contributed by atoms with E-state index in [0.29, 0.717) is 0 Å². The smallest absolute Gasteiger partial charge is 0.0973 e. The Kier molecular flexibility index (Phi) is 6.53. The van der Waals surface area contributed by atoms with Crippen molar-refractivity contribution < 1.29 is 0 Å². The first-order valence-electron chi connectivity index (χ1n) is 17.1. The van der Waals surface area contributed by atoms with Crippen LogP contribution in [0.5, 0.6) is 0 Å². The lowest BCUT2D eigenvalue weighted by atomic mass is 9.91. The van der Waals surface area contributed by atoms with Crippen molar-refractivity contribution in [3.8, 4) is 44.8 Å². The summed E-state index contributed by atoms with van der Waals surface area (Å²) in [5, 5.41) is 10.1. The minimum absolute atomic E-state index is 0.884. The topological polar surface area (TPSA) is 25.8 Å². The summed E-state index contributed by atoms with van der Waals surface area (Å²) in [6.07, 6.45) is 0. The molecule has 232 valence electrons. The number of aromatic nitrogens is 2. The van der Waals surface area contributed by atoms with Gasteiger partial charge in [0.1, 0.15) is 0 Å². The third-order valence-electron chi connectivity index (χ3n) is 10.0. The van der Waals surface area contributed by atoms with Crippen molar-refractivity contribution in [3.63, 3.8) is 0 Å². The van der Waals surface area contributed by atoms with E-state index in [2.05, 4.69) is 176 Å². The van der Waals surface area contributed by atoms with E-state index in [1.807, 2.05) is 6.07 Å². The first-order chi connectivity index (χ1) is 24.8. The zero-order valence-electron chi connectivity index (χ0n) is 27.2. The predicted molar refractivity (Wildman–Crippen MR) is 211 cm³/mol. The van der Waals surface area contributed by atoms with Crippen LogP contribution in [0.3, 0.4) is 0 Å². The van der Waals surface area contributed by atoms with E-state index in [1.54, 1.807) is 0 Å². The lowest BCUT2D eigenvalue weighted by Gasteiger charge is -2.13. The van der Waals surface area contributed by atoms with Gasteiger partial charge >= 0.3 is 0 Å². The summed E-state index contributed by atoms with van der Waals surface area (Å²) < 4.78 is 0. The average molecular weight is 635 g/mol. The van der Waals surface area contributed by atoms with Crippen molar-refractivity contribution in [2.24, 2.45) is 0 Å². The predicted octanol–water partition coefficient (Wildman–Crippen LogP) is 12.9. The van der Waals surface area contributed by atoms with Crippen LogP contribution in [0.4, 0.5) is 0 Å². The van der Waals surface area contributed by atoms with Gasteiger partial charge in [-0.25, -0.2) is 9.97 Å². The second-order valence-corrected chi connectivity index (χ2v) is 13.0. The molecule has 9 aromatic carbocycles. The molecule has 10 rings (SSSR count). The van der Waals surface area contributed by atoms with Crippen molar-refractivity contribution in [2.45, 2.75) is 0 Å². The van der Waals surface area contributed by atoms with Crippen molar-refractivity contribution >= 4 is 54.1 Å². The van der Waals surface area contributed by atoms with E-state index in [-0.39, 0.29) is 0 Å². The van der Waals surface area contributed by atoms with Gasteiger partial charge < -0.3 is 0 Å². The zero-order chi connectivity index (χ0) is 33.0. The molecule has 1 aromatic heterocycles. The number of rotatable bonds is 4. The third kappa shape index (κ3) is 4.73. The Bertz CT molecular complexity index is 2870. The first-order valence-corrected chi connectivity index (χ1v) is 17.1. The summed E-state index contributed by atoms with van der Waals surface area (Å²) in [7, 11) is 0. The number of hydrogen-bond donors (Lipinski definition) is 0. The molecule has 0 bridgehead atoms. The summed E-state index contributed by atoms with van der Waals surface area (Å²) in [6.45, 7) is 0.